The summed E-state index contributed by atoms with van der Waals surface area (Å²) in [5.41, 5.74) is 0. The molecule has 1 radical (unpaired) electrons. The summed E-state index contributed by atoms with van der Waals surface area (Å²) in [7, 11) is 2.62. The first-order valence-electron chi connectivity index (χ1n) is 3.97. The number of methoxy groups -OCH3 is 2. The molecule has 0 aromatic heterocycles. The molecule has 0 saturated heterocycles. The Bertz CT molecular complexity index is 264. The molecule has 0 bridgehead atoms. The van der Waals surface area contributed by atoms with Crippen LogP contribution in [0.15, 0.2) is 11.5 Å². The third-order valence-corrected chi connectivity index (χ3v) is 1.86. The summed E-state index contributed by atoms with van der Waals surface area (Å²) in [6.45, 7) is -0.526. The van der Waals surface area contributed by atoms with Crippen LogP contribution in [0.25, 0.3) is 0 Å². The molecule has 2 atom stereocenters. The molecule has 2 unspecified atom stereocenters. The molecule has 1 aliphatic rings. The molecular weight excluding hydrogens is 256 g/mol. The molecule has 7 heteroatoms. The van der Waals surface area contributed by atoms with E-state index >= 15 is 0 Å². The topological polar surface area (TPSA) is 85.2 Å². The predicted octanol–water partition coefficient (Wildman–Crippen LogP) is -1.23. The fourth-order valence-corrected chi connectivity index (χ4v) is 1.19. The van der Waals surface area contributed by atoms with Gasteiger partial charge in [0, 0.05) is 17.1 Å². The molecule has 0 aromatic rings. The van der Waals surface area contributed by atoms with Crippen molar-refractivity contribution < 1.29 is 46.3 Å². The van der Waals surface area contributed by atoms with Crippen LogP contribution in [0, 0.1) is 0 Å². The third kappa shape index (κ3) is 2.63. The van der Waals surface area contributed by atoms with Crippen molar-refractivity contribution in [1.29, 1.82) is 0 Å². The molecule has 0 amide bonds. The fraction of sp³-hybridized carbons (Fsp3) is 0.625. The Kier molecular flexibility index (Phi) is 5.67. The Labute approximate surface area is 97.3 Å². The SMILES string of the molecule is COC1=C(OC)C(C(O)CO)OC1=O.[Cu]. The van der Waals surface area contributed by atoms with Crippen LogP contribution in [0.5, 0.6) is 0 Å². The number of aliphatic hydroxyl groups is 2. The van der Waals surface area contributed by atoms with Crippen molar-refractivity contribution in [1.82, 2.24) is 0 Å². The van der Waals surface area contributed by atoms with Crippen molar-refractivity contribution in [3.05, 3.63) is 11.5 Å². The maximum absolute atomic E-state index is 11.1. The van der Waals surface area contributed by atoms with Crippen LogP contribution >= 0.6 is 0 Å². The van der Waals surface area contributed by atoms with E-state index < -0.39 is 24.8 Å². The Morgan fingerprint density at radius 3 is 2.47 bits per heavy atom. The summed E-state index contributed by atoms with van der Waals surface area (Å²) < 4.78 is 14.3. The molecule has 1 heterocycles. The van der Waals surface area contributed by atoms with Crippen LogP contribution in [-0.4, -0.2) is 49.2 Å². The zero-order valence-corrected chi connectivity index (χ0v) is 9.13. The minimum absolute atomic E-state index is 0. The van der Waals surface area contributed by atoms with Gasteiger partial charge in [0.05, 0.1) is 20.8 Å². The minimum atomic E-state index is -1.21. The molecule has 15 heavy (non-hydrogen) atoms. The number of aliphatic hydroxyl groups excluding tert-OH is 2. The van der Waals surface area contributed by atoms with Crippen molar-refractivity contribution in [2.24, 2.45) is 0 Å². The van der Waals surface area contributed by atoms with Crippen LogP contribution in [-0.2, 0) is 36.1 Å². The van der Waals surface area contributed by atoms with E-state index in [1.807, 2.05) is 0 Å². The second-order valence-corrected chi connectivity index (χ2v) is 2.68. The molecule has 91 valence electrons. The van der Waals surface area contributed by atoms with Crippen LogP contribution in [0.3, 0.4) is 0 Å². The standard InChI is InChI=1S/C8H12O6.Cu/c1-12-6-5(4(10)3-9)14-8(11)7(6)13-2;/h4-5,9-10H,3H2,1-2H3;. The maximum atomic E-state index is 11.1. The predicted molar refractivity (Wildman–Crippen MR) is 44.0 cm³/mol. The van der Waals surface area contributed by atoms with E-state index in [1.54, 1.807) is 0 Å². The largest absolute Gasteiger partial charge is 0.493 e. The zero-order valence-electron chi connectivity index (χ0n) is 8.19. The van der Waals surface area contributed by atoms with E-state index in [2.05, 4.69) is 0 Å². The van der Waals surface area contributed by atoms with E-state index in [-0.39, 0.29) is 28.6 Å². The smallest absolute Gasteiger partial charge is 0.378 e. The summed E-state index contributed by atoms with van der Waals surface area (Å²) in [5.74, 6) is -0.689. The molecule has 0 saturated carbocycles. The first kappa shape index (κ1) is 14.2. The number of carbonyl (C=O) groups excluding carboxylic acids is 1. The van der Waals surface area contributed by atoms with Crippen LogP contribution < -0.4 is 0 Å². The van der Waals surface area contributed by atoms with Gasteiger partial charge in [-0.1, -0.05) is 0 Å². The quantitative estimate of drug-likeness (QED) is 0.490. The molecule has 0 aromatic carbocycles. The van der Waals surface area contributed by atoms with Gasteiger partial charge in [-0.05, 0) is 0 Å². The van der Waals surface area contributed by atoms with Crippen molar-refractivity contribution in [3.8, 4) is 0 Å². The molecular formula is C8H12CuO6. The number of hydrogen-bond donors (Lipinski definition) is 2. The van der Waals surface area contributed by atoms with Crippen molar-refractivity contribution >= 4 is 5.97 Å². The van der Waals surface area contributed by atoms with Gasteiger partial charge in [0.15, 0.2) is 11.9 Å². The van der Waals surface area contributed by atoms with E-state index in [0.717, 1.165) is 0 Å². The van der Waals surface area contributed by atoms with Gasteiger partial charge in [0.2, 0.25) is 5.76 Å². The average molecular weight is 268 g/mol. The van der Waals surface area contributed by atoms with Crippen LogP contribution in [0.2, 0.25) is 0 Å². The van der Waals surface area contributed by atoms with E-state index in [4.69, 9.17) is 19.3 Å². The number of cyclic esters (lactones) is 1. The molecule has 0 aliphatic carbocycles. The van der Waals surface area contributed by atoms with Crippen LogP contribution in [0.4, 0.5) is 0 Å². The van der Waals surface area contributed by atoms with Gasteiger partial charge in [0.1, 0.15) is 6.10 Å². The van der Waals surface area contributed by atoms with Gasteiger partial charge in [-0.3, -0.25) is 0 Å². The van der Waals surface area contributed by atoms with E-state index in [1.165, 1.54) is 14.2 Å². The van der Waals surface area contributed by atoms with Gasteiger partial charge in [0.25, 0.3) is 0 Å². The average Bonchev–Trinajstić information content (AvgIpc) is 2.53. The number of hydrogen-bond acceptors (Lipinski definition) is 6. The molecule has 2 N–H and O–H groups in total. The fourth-order valence-electron chi connectivity index (χ4n) is 1.19. The van der Waals surface area contributed by atoms with Gasteiger partial charge in [-0.2, -0.15) is 0 Å². The number of esters is 1. The Hall–Kier alpha value is -0.751. The molecule has 1 rings (SSSR count). The van der Waals surface area contributed by atoms with Crippen molar-refractivity contribution in [2.45, 2.75) is 12.2 Å². The maximum Gasteiger partial charge on any atom is 0.378 e. The third-order valence-electron chi connectivity index (χ3n) is 1.86. The van der Waals surface area contributed by atoms with E-state index in [0.29, 0.717) is 0 Å². The summed E-state index contributed by atoms with van der Waals surface area (Å²) in [4.78, 5) is 11.1. The van der Waals surface area contributed by atoms with Gasteiger partial charge in [-0.15, -0.1) is 0 Å². The molecule has 6 nitrogen and oxygen atoms in total. The molecule has 1 aliphatic heterocycles. The van der Waals surface area contributed by atoms with Crippen molar-refractivity contribution in [3.63, 3.8) is 0 Å². The summed E-state index contributed by atoms with van der Waals surface area (Å²) in [6.07, 6.45) is -2.20. The molecule has 0 spiro atoms. The Morgan fingerprint density at radius 1 is 1.47 bits per heavy atom. The summed E-state index contributed by atoms with van der Waals surface area (Å²) in [6, 6.07) is 0. The van der Waals surface area contributed by atoms with E-state index in [9.17, 15) is 9.90 Å². The number of ether oxygens (including phenoxy) is 3. The first-order chi connectivity index (χ1) is 6.65. The number of carbonyl (C=O) groups is 1. The first-order valence-corrected chi connectivity index (χ1v) is 3.97. The van der Waals surface area contributed by atoms with Crippen LogP contribution in [0.1, 0.15) is 0 Å². The summed E-state index contributed by atoms with van der Waals surface area (Å²) in [5, 5.41) is 18.0. The minimum Gasteiger partial charge on any atom is -0.493 e. The number of rotatable bonds is 4. The molecule has 0 fully saturated rings. The normalized spacial score (nSPS) is 21.9. The Morgan fingerprint density at radius 2 is 2.07 bits per heavy atom. The van der Waals surface area contributed by atoms with Gasteiger partial charge < -0.3 is 24.4 Å². The van der Waals surface area contributed by atoms with Gasteiger partial charge in [-0.25, -0.2) is 4.79 Å². The van der Waals surface area contributed by atoms with Crippen molar-refractivity contribution in [2.75, 3.05) is 20.8 Å². The monoisotopic (exact) mass is 267 g/mol. The summed E-state index contributed by atoms with van der Waals surface area (Å²) >= 11 is 0. The zero-order chi connectivity index (χ0) is 10.7. The second-order valence-electron chi connectivity index (χ2n) is 2.68. The Balaban J connectivity index is 0.00000196. The second kappa shape index (κ2) is 5.97. The van der Waals surface area contributed by atoms with Gasteiger partial charge >= 0.3 is 5.97 Å².